The third kappa shape index (κ3) is 8.91. The molecule has 0 saturated carbocycles. The summed E-state index contributed by atoms with van der Waals surface area (Å²) >= 11 is 0. The van der Waals surface area contributed by atoms with Gasteiger partial charge in [-0.05, 0) is 12.8 Å². The van der Waals surface area contributed by atoms with Gasteiger partial charge >= 0.3 is 6.03 Å². The van der Waals surface area contributed by atoms with Crippen molar-refractivity contribution in [1.82, 2.24) is 19.6 Å². The van der Waals surface area contributed by atoms with Crippen LogP contribution < -0.4 is 0 Å². The average Bonchev–Trinajstić information content (AvgIpc) is 3.11. The topological polar surface area (TPSA) is 65.6 Å². The second kappa shape index (κ2) is 16.7. The van der Waals surface area contributed by atoms with Crippen molar-refractivity contribution in [2.45, 2.75) is 109 Å². The molecule has 0 radical (unpaired) electrons. The second-order valence-corrected chi connectivity index (χ2v) is 11.3. The number of ether oxygens (including phenoxy) is 2. The van der Waals surface area contributed by atoms with Crippen LogP contribution in [0.25, 0.3) is 0 Å². The Morgan fingerprint density at radius 1 is 0.622 bits per heavy atom. The first-order valence-electron chi connectivity index (χ1n) is 15.4. The lowest BCUT2D eigenvalue weighted by molar-refractivity contribution is -0.137. The van der Waals surface area contributed by atoms with Gasteiger partial charge in [-0.3, -0.25) is 19.5 Å². The van der Waals surface area contributed by atoms with Gasteiger partial charge in [0.15, 0.2) is 0 Å². The molecular formula is C29H54N4O4. The summed E-state index contributed by atoms with van der Waals surface area (Å²) in [7, 11) is 0. The van der Waals surface area contributed by atoms with Crippen molar-refractivity contribution in [2.75, 3.05) is 65.9 Å². The van der Waals surface area contributed by atoms with Crippen molar-refractivity contribution in [3.8, 4) is 0 Å². The minimum absolute atomic E-state index is 0.0411. The molecule has 3 fully saturated rings. The fourth-order valence-electron chi connectivity index (χ4n) is 5.99. The van der Waals surface area contributed by atoms with E-state index in [1.165, 1.54) is 51.4 Å². The van der Waals surface area contributed by atoms with Gasteiger partial charge in [0, 0.05) is 26.2 Å². The molecule has 0 unspecified atom stereocenters. The maximum atomic E-state index is 14.3. The van der Waals surface area contributed by atoms with Gasteiger partial charge in [-0.25, -0.2) is 9.69 Å². The van der Waals surface area contributed by atoms with Gasteiger partial charge in [0.2, 0.25) is 0 Å². The summed E-state index contributed by atoms with van der Waals surface area (Å²) in [4.78, 5) is 36.2. The molecule has 0 spiro atoms. The predicted octanol–water partition coefficient (Wildman–Crippen LogP) is 5.07. The van der Waals surface area contributed by atoms with Crippen molar-refractivity contribution in [3.05, 3.63) is 0 Å². The highest BCUT2D eigenvalue weighted by atomic mass is 16.5. The molecule has 0 aromatic rings. The summed E-state index contributed by atoms with van der Waals surface area (Å²) in [5.74, 6) is 0.0411. The summed E-state index contributed by atoms with van der Waals surface area (Å²) in [6.07, 6.45) is 15.8. The third-order valence-corrected chi connectivity index (χ3v) is 8.40. The quantitative estimate of drug-likeness (QED) is 0.185. The number of morpholine rings is 2. The molecule has 0 aromatic heterocycles. The highest BCUT2D eigenvalue weighted by Gasteiger charge is 2.56. The Balaban J connectivity index is 1.76. The van der Waals surface area contributed by atoms with Crippen LogP contribution in [-0.2, 0) is 14.3 Å². The minimum atomic E-state index is -0.711. The molecule has 37 heavy (non-hydrogen) atoms. The normalized spacial score (nSPS) is 21.4. The number of urea groups is 1. The van der Waals surface area contributed by atoms with Gasteiger partial charge in [0.1, 0.15) is 5.54 Å². The van der Waals surface area contributed by atoms with E-state index in [0.29, 0.717) is 39.8 Å². The molecule has 0 N–H and O–H groups in total. The highest BCUT2D eigenvalue weighted by molar-refractivity contribution is 6.07. The van der Waals surface area contributed by atoms with Crippen molar-refractivity contribution in [1.29, 1.82) is 0 Å². The van der Waals surface area contributed by atoms with E-state index in [4.69, 9.17) is 9.47 Å². The minimum Gasteiger partial charge on any atom is -0.379 e. The number of imide groups is 1. The fraction of sp³-hybridized carbons (Fsp3) is 0.931. The SMILES string of the molecule is CCCCCCCCC1(CCCCCCCC)C(=O)N(CN2CCOCC2)C(=O)N1CN1CCOCC1. The van der Waals surface area contributed by atoms with Crippen LogP contribution in [0.15, 0.2) is 0 Å². The van der Waals surface area contributed by atoms with Crippen LogP contribution in [0.4, 0.5) is 4.79 Å². The smallest absolute Gasteiger partial charge is 0.329 e. The van der Waals surface area contributed by atoms with Gasteiger partial charge in [0.25, 0.3) is 5.91 Å². The molecule has 214 valence electrons. The first-order valence-corrected chi connectivity index (χ1v) is 15.4. The molecule has 0 bridgehead atoms. The first-order chi connectivity index (χ1) is 18.1. The molecule has 3 aliphatic heterocycles. The molecule has 3 rings (SSSR count). The van der Waals surface area contributed by atoms with Crippen LogP contribution in [0.3, 0.4) is 0 Å². The van der Waals surface area contributed by atoms with E-state index in [9.17, 15) is 9.59 Å². The van der Waals surface area contributed by atoms with Crippen LogP contribution >= 0.6 is 0 Å². The van der Waals surface area contributed by atoms with Crippen molar-refractivity contribution < 1.29 is 19.1 Å². The van der Waals surface area contributed by atoms with Crippen LogP contribution in [0.1, 0.15) is 104 Å². The number of unbranched alkanes of at least 4 members (excludes halogenated alkanes) is 10. The first kappa shape index (κ1) is 30.3. The Kier molecular flexibility index (Phi) is 13.7. The number of hydrogen-bond donors (Lipinski definition) is 0. The summed E-state index contributed by atoms with van der Waals surface area (Å²) in [6, 6.07) is -0.0973. The number of hydrogen-bond acceptors (Lipinski definition) is 6. The van der Waals surface area contributed by atoms with Crippen LogP contribution in [-0.4, -0.2) is 103 Å². The van der Waals surface area contributed by atoms with E-state index < -0.39 is 5.54 Å². The lowest BCUT2D eigenvalue weighted by Gasteiger charge is -2.39. The Morgan fingerprint density at radius 2 is 1.05 bits per heavy atom. The Labute approximate surface area is 226 Å². The fourth-order valence-corrected chi connectivity index (χ4v) is 5.99. The molecular weight excluding hydrogens is 468 g/mol. The zero-order chi connectivity index (χ0) is 26.3. The summed E-state index contributed by atoms with van der Waals surface area (Å²) in [6.45, 7) is 11.2. The van der Waals surface area contributed by atoms with Gasteiger partial charge in [0.05, 0.1) is 39.8 Å². The molecule has 0 atom stereocenters. The van der Waals surface area contributed by atoms with Crippen LogP contribution in [0.2, 0.25) is 0 Å². The van der Waals surface area contributed by atoms with E-state index in [1.807, 2.05) is 4.90 Å². The maximum absolute atomic E-state index is 14.3. The lowest BCUT2D eigenvalue weighted by atomic mass is 9.84. The highest BCUT2D eigenvalue weighted by Crippen LogP contribution is 2.38. The van der Waals surface area contributed by atoms with E-state index in [0.717, 1.165) is 64.7 Å². The molecule has 3 heterocycles. The van der Waals surface area contributed by atoms with Crippen LogP contribution in [0.5, 0.6) is 0 Å². The Hall–Kier alpha value is -1.22. The van der Waals surface area contributed by atoms with E-state index in [1.54, 1.807) is 4.90 Å². The third-order valence-electron chi connectivity index (χ3n) is 8.40. The van der Waals surface area contributed by atoms with E-state index >= 15 is 0 Å². The van der Waals surface area contributed by atoms with Gasteiger partial charge < -0.3 is 9.47 Å². The van der Waals surface area contributed by atoms with E-state index in [2.05, 4.69) is 23.6 Å². The monoisotopic (exact) mass is 522 g/mol. The number of carbonyl (C=O) groups is 2. The molecule has 0 aliphatic carbocycles. The number of carbonyl (C=O) groups excluding carboxylic acids is 2. The standard InChI is InChI=1S/C29H54N4O4/c1-3-5-7-9-11-13-15-29(16-14-12-10-8-6-4-2)27(34)32(25-30-17-21-36-22-18-30)28(35)33(29)26-31-19-23-37-24-20-31/h3-26H2,1-2H3. The van der Waals surface area contributed by atoms with Crippen molar-refractivity contribution in [2.24, 2.45) is 0 Å². The van der Waals surface area contributed by atoms with Gasteiger partial charge in [-0.2, -0.15) is 0 Å². The molecule has 3 aliphatic rings. The average molecular weight is 523 g/mol. The van der Waals surface area contributed by atoms with Gasteiger partial charge in [-0.1, -0.05) is 90.9 Å². The van der Waals surface area contributed by atoms with E-state index in [-0.39, 0.29) is 11.9 Å². The maximum Gasteiger partial charge on any atom is 0.329 e. The zero-order valence-electron chi connectivity index (χ0n) is 23.9. The molecule has 3 amide bonds. The van der Waals surface area contributed by atoms with Crippen LogP contribution in [0, 0.1) is 0 Å². The number of rotatable bonds is 18. The van der Waals surface area contributed by atoms with Crippen molar-refractivity contribution in [3.63, 3.8) is 0 Å². The summed E-state index contributed by atoms with van der Waals surface area (Å²) in [5, 5.41) is 0. The molecule has 0 aromatic carbocycles. The number of amides is 3. The summed E-state index contributed by atoms with van der Waals surface area (Å²) < 4.78 is 11.1. The zero-order valence-corrected chi connectivity index (χ0v) is 23.9. The lowest BCUT2D eigenvalue weighted by Crippen LogP contribution is -2.55. The molecule has 3 saturated heterocycles. The summed E-state index contributed by atoms with van der Waals surface area (Å²) in [5.41, 5.74) is -0.711. The largest absolute Gasteiger partial charge is 0.379 e. The Morgan fingerprint density at radius 3 is 1.54 bits per heavy atom. The second-order valence-electron chi connectivity index (χ2n) is 11.3. The van der Waals surface area contributed by atoms with Crippen molar-refractivity contribution >= 4 is 11.9 Å². The number of nitrogens with zero attached hydrogens (tertiary/aromatic N) is 4. The molecule has 8 nitrogen and oxygen atoms in total. The van der Waals surface area contributed by atoms with Gasteiger partial charge in [-0.15, -0.1) is 0 Å². The predicted molar refractivity (Wildman–Crippen MR) is 147 cm³/mol. The molecule has 8 heteroatoms. The Bertz CT molecular complexity index is 648.